The van der Waals surface area contributed by atoms with Crippen LogP contribution in [0.15, 0.2) is 69.7 Å². The van der Waals surface area contributed by atoms with Gasteiger partial charge in [0.25, 0.3) is 5.69 Å². The Kier molecular flexibility index (Phi) is 5.38. The lowest BCUT2D eigenvalue weighted by Gasteiger charge is -2.04. The van der Waals surface area contributed by atoms with Crippen molar-refractivity contribution in [3.63, 3.8) is 0 Å². The number of rotatable bonds is 7. The molecule has 2 aromatic heterocycles. The van der Waals surface area contributed by atoms with Crippen molar-refractivity contribution in [2.45, 2.75) is 0 Å². The number of hydrogen-bond donors (Lipinski definition) is 1. The highest BCUT2D eigenvalue weighted by atomic mass is 32.1. The van der Waals surface area contributed by atoms with Crippen LogP contribution in [0.2, 0.25) is 0 Å². The van der Waals surface area contributed by atoms with E-state index in [9.17, 15) is 20.2 Å². The zero-order valence-corrected chi connectivity index (χ0v) is 14.5. The van der Waals surface area contributed by atoms with Gasteiger partial charge in [0.2, 0.25) is 0 Å². The molecule has 0 saturated carbocycles. The molecule has 9 nitrogen and oxygen atoms in total. The van der Waals surface area contributed by atoms with Gasteiger partial charge in [-0.15, -0.1) is 11.3 Å². The minimum Gasteiger partial charge on any atom is -0.465 e. The summed E-state index contributed by atoms with van der Waals surface area (Å²) in [5.74, 6) is 0.626. The number of nitrogens with zero attached hydrogens (tertiary/aromatic N) is 3. The fourth-order valence-corrected chi connectivity index (χ4v) is 2.84. The number of thiophene rings is 1. The normalized spacial score (nSPS) is 11.6. The van der Waals surface area contributed by atoms with Crippen LogP contribution in [0.5, 0.6) is 0 Å². The summed E-state index contributed by atoms with van der Waals surface area (Å²) in [6, 6.07) is 10.5. The van der Waals surface area contributed by atoms with Crippen molar-refractivity contribution < 1.29 is 14.3 Å². The Hall–Kier alpha value is -3.79. The standard InChI is InChI=1S/C17H12N4O5S/c22-20(23)12-5-7-14(16(11-12)21(24)25)18-19-15(17-4-2-10-27-17)8-6-13-3-1-9-26-13/h1-11,18H/b8-6+,19-15+. The molecular weight excluding hydrogens is 372 g/mol. The lowest BCUT2D eigenvalue weighted by molar-refractivity contribution is -0.393. The fourth-order valence-electron chi connectivity index (χ4n) is 2.15. The van der Waals surface area contributed by atoms with Crippen molar-refractivity contribution in [1.82, 2.24) is 0 Å². The summed E-state index contributed by atoms with van der Waals surface area (Å²) in [4.78, 5) is 21.5. The molecule has 136 valence electrons. The van der Waals surface area contributed by atoms with Crippen LogP contribution in [-0.4, -0.2) is 15.6 Å². The van der Waals surface area contributed by atoms with Gasteiger partial charge in [-0.3, -0.25) is 25.7 Å². The third-order valence-electron chi connectivity index (χ3n) is 3.41. The van der Waals surface area contributed by atoms with Crippen molar-refractivity contribution in [3.05, 3.63) is 91.0 Å². The minimum absolute atomic E-state index is 0.0473. The van der Waals surface area contributed by atoms with Crippen molar-refractivity contribution in [2.75, 3.05) is 5.43 Å². The van der Waals surface area contributed by atoms with Crippen LogP contribution in [0, 0.1) is 20.2 Å². The number of benzene rings is 1. The predicted molar refractivity (Wildman–Crippen MR) is 102 cm³/mol. The van der Waals surface area contributed by atoms with Gasteiger partial charge in [0.1, 0.15) is 17.2 Å². The number of non-ortho nitro benzene ring substituents is 1. The number of hydrogen-bond acceptors (Lipinski definition) is 8. The van der Waals surface area contributed by atoms with Gasteiger partial charge in [-0.25, -0.2) is 0 Å². The number of nitrogens with one attached hydrogen (secondary N) is 1. The predicted octanol–water partition coefficient (Wildman–Crippen LogP) is 4.69. The molecule has 0 bridgehead atoms. The monoisotopic (exact) mass is 384 g/mol. The van der Waals surface area contributed by atoms with Crippen LogP contribution in [-0.2, 0) is 0 Å². The number of hydrazone groups is 1. The topological polar surface area (TPSA) is 124 Å². The van der Waals surface area contributed by atoms with E-state index in [0.29, 0.717) is 11.5 Å². The Balaban J connectivity index is 1.92. The zero-order valence-electron chi connectivity index (χ0n) is 13.6. The van der Waals surface area contributed by atoms with Crippen molar-refractivity contribution in [2.24, 2.45) is 5.10 Å². The third-order valence-corrected chi connectivity index (χ3v) is 4.30. The van der Waals surface area contributed by atoms with E-state index < -0.39 is 15.5 Å². The summed E-state index contributed by atoms with van der Waals surface area (Å²) in [6.45, 7) is 0. The number of nitro groups is 2. The highest BCUT2D eigenvalue weighted by Gasteiger charge is 2.19. The lowest BCUT2D eigenvalue weighted by Crippen LogP contribution is -2.02. The Bertz CT molecular complexity index is 1010. The Labute approximate surface area is 156 Å². The van der Waals surface area contributed by atoms with E-state index in [1.165, 1.54) is 23.5 Å². The smallest absolute Gasteiger partial charge is 0.301 e. The first-order valence-electron chi connectivity index (χ1n) is 7.56. The first kappa shape index (κ1) is 18.0. The molecule has 3 rings (SSSR count). The molecule has 0 amide bonds. The van der Waals surface area contributed by atoms with E-state index in [1.807, 2.05) is 17.5 Å². The minimum atomic E-state index is -0.700. The van der Waals surface area contributed by atoms with Crippen molar-refractivity contribution in [1.29, 1.82) is 0 Å². The summed E-state index contributed by atoms with van der Waals surface area (Å²) < 4.78 is 5.24. The third kappa shape index (κ3) is 4.44. The molecule has 1 N–H and O–H groups in total. The van der Waals surface area contributed by atoms with Gasteiger partial charge in [0.15, 0.2) is 0 Å². The van der Waals surface area contributed by atoms with Crippen molar-refractivity contribution in [3.8, 4) is 0 Å². The van der Waals surface area contributed by atoms with E-state index in [1.54, 1.807) is 30.5 Å². The lowest BCUT2D eigenvalue weighted by atomic mass is 10.2. The summed E-state index contributed by atoms with van der Waals surface area (Å²) >= 11 is 1.44. The molecule has 0 unspecified atom stereocenters. The van der Waals surface area contributed by atoms with Crippen LogP contribution in [0.25, 0.3) is 6.08 Å². The van der Waals surface area contributed by atoms with Gasteiger partial charge in [-0.2, -0.15) is 5.10 Å². The molecule has 0 saturated heterocycles. The molecule has 0 aliphatic heterocycles. The highest BCUT2D eigenvalue weighted by molar-refractivity contribution is 7.12. The fraction of sp³-hybridized carbons (Fsp3) is 0. The van der Waals surface area contributed by atoms with E-state index >= 15 is 0 Å². The molecule has 2 heterocycles. The van der Waals surface area contributed by atoms with Gasteiger partial charge in [0, 0.05) is 6.07 Å². The van der Waals surface area contributed by atoms with E-state index in [4.69, 9.17) is 4.42 Å². The van der Waals surface area contributed by atoms with Gasteiger partial charge in [-0.05, 0) is 41.8 Å². The number of anilines is 1. The average Bonchev–Trinajstić information content (AvgIpc) is 3.35. The summed E-state index contributed by atoms with van der Waals surface area (Å²) in [5, 5.41) is 28.1. The quantitative estimate of drug-likeness (QED) is 0.358. The highest BCUT2D eigenvalue weighted by Crippen LogP contribution is 2.29. The van der Waals surface area contributed by atoms with Crippen LogP contribution >= 0.6 is 11.3 Å². The largest absolute Gasteiger partial charge is 0.465 e. The molecule has 3 aromatic rings. The summed E-state index contributed by atoms with van der Waals surface area (Å²) in [7, 11) is 0. The molecule has 0 spiro atoms. The second-order valence-corrected chi connectivity index (χ2v) is 6.10. The van der Waals surface area contributed by atoms with Gasteiger partial charge < -0.3 is 4.42 Å². The maximum Gasteiger partial charge on any atom is 0.301 e. The number of allylic oxidation sites excluding steroid dienone is 1. The van der Waals surface area contributed by atoms with Crippen LogP contribution < -0.4 is 5.43 Å². The molecule has 1 aromatic carbocycles. The Morgan fingerprint density at radius 2 is 2.00 bits per heavy atom. The Morgan fingerprint density at radius 3 is 2.63 bits per heavy atom. The van der Waals surface area contributed by atoms with E-state index in [-0.39, 0.29) is 11.4 Å². The maximum absolute atomic E-state index is 11.2. The SMILES string of the molecule is O=[N+]([O-])c1ccc(N/N=C(\C=C\c2ccco2)c2cccs2)c([N+](=O)[O-])c1. The first-order chi connectivity index (χ1) is 13.0. The van der Waals surface area contributed by atoms with Crippen LogP contribution in [0.3, 0.4) is 0 Å². The average molecular weight is 384 g/mol. The molecule has 0 aliphatic carbocycles. The molecule has 27 heavy (non-hydrogen) atoms. The molecule has 10 heteroatoms. The van der Waals surface area contributed by atoms with Gasteiger partial charge >= 0.3 is 5.69 Å². The van der Waals surface area contributed by atoms with E-state index in [2.05, 4.69) is 10.5 Å². The first-order valence-corrected chi connectivity index (χ1v) is 8.44. The van der Waals surface area contributed by atoms with E-state index in [0.717, 1.165) is 10.9 Å². The second kappa shape index (κ2) is 8.06. The summed E-state index contributed by atoms with van der Waals surface area (Å²) in [6.07, 6.45) is 4.96. The van der Waals surface area contributed by atoms with Gasteiger partial charge in [0.05, 0.1) is 27.1 Å². The maximum atomic E-state index is 11.2. The molecule has 0 aliphatic rings. The van der Waals surface area contributed by atoms with Crippen molar-refractivity contribution >= 4 is 40.2 Å². The Morgan fingerprint density at radius 1 is 1.15 bits per heavy atom. The van der Waals surface area contributed by atoms with Crippen LogP contribution in [0.1, 0.15) is 10.6 Å². The van der Waals surface area contributed by atoms with Gasteiger partial charge in [-0.1, -0.05) is 6.07 Å². The zero-order chi connectivity index (χ0) is 19.2. The molecule has 0 fully saturated rings. The number of nitro benzene ring substituents is 2. The molecule has 0 radical (unpaired) electrons. The molecule has 0 atom stereocenters. The van der Waals surface area contributed by atoms with Crippen LogP contribution in [0.4, 0.5) is 17.1 Å². The second-order valence-electron chi connectivity index (χ2n) is 5.15. The number of furan rings is 1. The summed E-state index contributed by atoms with van der Waals surface area (Å²) in [5.41, 5.74) is 2.39. The molecular formula is C17H12N4O5S.